The van der Waals surface area contributed by atoms with E-state index in [1.807, 2.05) is 24.3 Å². The second-order valence-corrected chi connectivity index (χ2v) is 4.73. The molecule has 0 spiro atoms. The number of hydrogen-bond acceptors (Lipinski definition) is 3. The van der Waals surface area contributed by atoms with Crippen molar-refractivity contribution in [1.82, 2.24) is 0 Å². The van der Waals surface area contributed by atoms with Gasteiger partial charge in [0, 0.05) is 23.9 Å². The number of nitrogens with one attached hydrogen (secondary N) is 1. The fourth-order valence-electron chi connectivity index (χ4n) is 1.93. The fourth-order valence-corrected chi connectivity index (χ4v) is 1.93. The first-order chi connectivity index (χ1) is 10.6. The summed E-state index contributed by atoms with van der Waals surface area (Å²) in [6.45, 7) is 2.05. The highest BCUT2D eigenvalue weighted by Crippen LogP contribution is 2.14. The Hall–Kier alpha value is -2.95. The van der Waals surface area contributed by atoms with E-state index in [0.717, 1.165) is 23.2 Å². The quantitative estimate of drug-likeness (QED) is 0.518. The van der Waals surface area contributed by atoms with Crippen molar-refractivity contribution in [3.05, 3.63) is 75.8 Å². The van der Waals surface area contributed by atoms with Gasteiger partial charge >= 0.3 is 0 Å². The van der Waals surface area contributed by atoms with Gasteiger partial charge in [-0.15, -0.1) is 0 Å². The summed E-state index contributed by atoms with van der Waals surface area (Å²) in [6, 6.07) is 13.7. The van der Waals surface area contributed by atoms with Gasteiger partial charge in [-0.3, -0.25) is 14.9 Å². The van der Waals surface area contributed by atoms with Crippen molar-refractivity contribution < 1.29 is 9.72 Å². The average molecular weight is 296 g/mol. The van der Waals surface area contributed by atoms with Gasteiger partial charge in [0.1, 0.15) is 0 Å². The minimum atomic E-state index is -0.457. The zero-order chi connectivity index (χ0) is 15.9. The Labute approximate surface area is 128 Å². The van der Waals surface area contributed by atoms with Crippen molar-refractivity contribution >= 4 is 23.4 Å². The third-order valence-electron chi connectivity index (χ3n) is 3.13. The van der Waals surface area contributed by atoms with Crippen LogP contribution < -0.4 is 5.32 Å². The lowest BCUT2D eigenvalue weighted by Crippen LogP contribution is -2.07. The molecule has 5 nitrogen and oxygen atoms in total. The minimum absolute atomic E-state index is 0.0259. The van der Waals surface area contributed by atoms with E-state index >= 15 is 0 Å². The molecule has 0 atom stereocenters. The molecule has 0 fully saturated rings. The molecular weight excluding hydrogens is 280 g/mol. The predicted octanol–water partition coefficient (Wildman–Crippen LogP) is 3.81. The summed E-state index contributed by atoms with van der Waals surface area (Å²) < 4.78 is 0. The molecule has 0 aromatic heterocycles. The van der Waals surface area contributed by atoms with Crippen molar-refractivity contribution in [3.63, 3.8) is 0 Å². The number of nitro benzene ring substituents is 1. The Morgan fingerprint density at radius 3 is 2.59 bits per heavy atom. The number of nitrogens with zero attached hydrogens (tertiary/aromatic N) is 1. The minimum Gasteiger partial charge on any atom is -0.323 e. The maximum Gasteiger partial charge on any atom is 0.269 e. The smallest absolute Gasteiger partial charge is 0.269 e. The molecule has 0 heterocycles. The summed E-state index contributed by atoms with van der Waals surface area (Å²) in [7, 11) is 0. The first-order valence-electron chi connectivity index (χ1n) is 6.91. The topological polar surface area (TPSA) is 72.2 Å². The van der Waals surface area contributed by atoms with E-state index < -0.39 is 4.92 Å². The summed E-state index contributed by atoms with van der Waals surface area (Å²) in [5.41, 5.74) is 2.65. The Morgan fingerprint density at radius 1 is 1.23 bits per heavy atom. The molecule has 0 radical (unpaired) electrons. The van der Waals surface area contributed by atoms with Gasteiger partial charge in [0.15, 0.2) is 0 Å². The number of carbonyl (C=O) groups excluding carboxylic acids is 1. The largest absolute Gasteiger partial charge is 0.323 e. The molecule has 0 aliphatic rings. The number of carbonyl (C=O) groups is 1. The summed E-state index contributed by atoms with van der Waals surface area (Å²) in [6.07, 6.45) is 3.92. The first-order valence-corrected chi connectivity index (χ1v) is 6.91. The molecule has 0 bridgehead atoms. The van der Waals surface area contributed by atoms with Crippen LogP contribution in [0.4, 0.5) is 11.4 Å². The Morgan fingerprint density at radius 2 is 1.95 bits per heavy atom. The van der Waals surface area contributed by atoms with Crippen LogP contribution in [-0.2, 0) is 11.2 Å². The van der Waals surface area contributed by atoms with Crippen LogP contribution in [0.5, 0.6) is 0 Å². The van der Waals surface area contributed by atoms with Gasteiger partial charge in [0.2, 0.25) is 5.91 Å². The summed E-state index contributed by atoms with van der Waals surface area (Å²) in [5, 5.41) is 13.3. The number of aryl methyl sites for hydroxylation is 1. The van der Waals surface area contributed by atoms with Crippen LogP contribution in [0.25, 0.3) is 6.08 Å². The van der Waals surface area contributed by atoms with Gasteiger partial charge in [-0.05, 0) is 47.9 Å². The van der Waals surface area contributed by atoms with Crippen LogP contribution in [0.15, 0.2) is 54.6 Å². The number of hydrogen-bond donors (Lipinski definition) is 1. The molecule has 1 amide bonds. The monoisotopic (exact) mass is 296 g/mol. The Bertz CT molecular complexity index is 706. The van der Waals surface area contributed by atoms with E-state index in [4.69, 9.17) is 0 Å². The highest BCUT2D eigenvalue weighted by Gasteiger charge is 2.03. The molecule has 0 saturated heterocycles. The van der Waals surface area contributed by atoms with Crippen LogP contribution in [0, 0.1) is 10.1 Å². The highest BCUT2D eigenvalue weighted by molar-refractivity contribution is 6.01. The van der Waals surface area contributed by atoms with E-state index in [0.29, 0.717) is 0 Å². The number of amides is 1. The van der Waals surface area contributed by atoms with Gasteiger partial charge in [-0.2, -0.15) is 0 Å². The van der Waals surface area contributed by atoms with Crippen molar-refractivity contribution in [1.29, 1.82) is 0 Å². The van der Waals surface area contributed by atoms with Crippen LogP contribution in [0.1, 0.15) is 18.1 Å². The summed E-state index contributed by atoms with van der Waals surface area (Å²) in [5.74, 6) is -0.244. The summed E-state index contributed by atoms with van der Waals surface area (Å²) >= 11 is 0. The predicted molar refractivity (Wildman–Crippen MR) is 86.6 cm³/mol. The van der Waals surface area contributed by atoms with Gasteiger partial charge in [-0.1, -0.05) is 19.1 Å². The molecule has 2 aromatic rings. The SMILES string of the molecule is CCc1cccc(NC(=O)/C=C/c2ccc([N+](=O)[O-])cc2)c1. The van der Waals surface area contributed by atoms with Gasteiger partial charge in [-0.25, -0.2) is 0 Å². The van der Waals surface area contributed by atoms with Gasteiger partial charge in [0.25, 0.3) is 5.69 Å². The number of anilines is 1. The van der Waals surface area contributed by atoms with Crippen LogP contribution in [0.2, 0.25) is 0 Å². The van der Waals surface area contributed by atoms with Crippen molar-refractivity contribution in [2.75, 3.05) is 5.32 Å². The van der Waals surface area contributed by atoms with E-state index in [-0.39, 0.29) is 11.6 Å². The van der Waals surface area contributed by atoms with Crippen molar-refractivity contribution in [2.45, 2.75) is 13.3 Å². The van der Waals surface area contributed by atoms with Crippen molar-refractivity contribution in [3.8, 4) is 0 Å². The number of non-ortho nitro benzene ring substituents is 1. The third-order valence-corrected chi connectivity index (χ3v) is 3.13. The lowest BCUT2D eigenvalue weighted by molar-refractivity contribution is -0.384. The molecule has 2 aromatic carbocycles. The van der Waals surface area contributed by atoms with Crippen LogP contribution in [0.3, 0.4) is 0 Å². The van der Waals surface area contributed by atoms with Gasteiger partial charge in [0.05, 0.1) is 4.92 Å². The molecule has 22 heavy (non-hydrogen) atoms. The molecule has 0 unspecified atom stereocenters. The Balaban J connectivity index is 2.00. The third kappa shape index (κ3) is 4.28. The number of rotatable bonds is 5. The summed E-state index contributed by atoms with van der Waals surface area (Å²) in [4.78, 5) is 22.0. The standard InChI is InChI=1S/C17H16N2O3/c1-2-13-4-3-5-15(12-13)18-17(20)11-8-14-6-9-16(10-7-14)19(21)22/h3-12H,2H2,1H3,(H,18,20)/b11-8+. The van der Waals surface area contributed by atoms with E-state index in [1.165, 1.54) is 18.2 Å². The van der Waals surface area contributed by atoms with E-state index in [2.05, 4.69) is 12.2 Å². The zero-order valence-corrected chi connectivity index (χ0v) is 12.2. The second kappa shape index (κ2) is 7.17. The lowest BCUT2D eigenvalue weighted by Gasteiger charge is -2.04. The maximum absolute atomic E-state index is 11.9. The van der Waals surface area contributed by atoms with Crippen LogP contribution >= 0.6 is 0 Å². The van der Waals surface area contributed by atoms with Crippen molar-refractivity contribution in [2.24, 2.45) is 0 Å². The molecular formula is C17H16N2O3. The van der Waals surface area contributed by atoms with Crippen LogP contribution in [-0.4, -0.2) is 10.8 Å². The average Bonchev–Trinajstić information content (AvgIpc) is 2.53. The Kier molecular flexibility index (Phi) is 5.03. The fraction of sp³-hybridized carbons (Fsp3) is 0.118. The molecule has 112 valence electrons. The molecule has 1 N–H and O–H groups in total. The molecule has 2 rings (SSSR count). The number of nitro groups is 1. The normalized spacial score (nSPS) is 10.6. The molecule has 0 saturated carbocycles. The first kappa shape index (κ1) is 15.4. The van der Waals surface area contributed by atoms with E-state index in [1.54, 1.807) is 18.2 Å². The molecule has 0 aliphatic heterocycles. The zero-order valence-electron chi connectivity index (χ0n) is 12.2. The molecule has 5 heteroatoms. The van der Waals surface area contributed by atoms with E-state index in [9.17, 15) is 14.9 Å². The number of benzene rings is 2. The highest BCUT2D eigenvalue weighted by atomic mass is 16.6. The lowest BCUT2D eigenvalue weighted by atomic mass is 10.1. The second-order valence-electron chi connectivity index (χ2n) is 4.73. The van der Waals surface area contributed by atoms with Gasteiger partial charge < -0.3 is 5.32 Å². The molecule has 0 aliphatic carbocycles. The maximum atomic E-state index is 11.9.